The van der Waals surface area contributed by atoms with Crippen molar-refractivity contribution in [2.75, 3.05) is 0 Å². The Labute approximate surface area is 127 Å². The third-order valence-corrected chi connectivity index (χ3v) is 5.36. The second-order valence-corrected chi connectivity index (χ2v) is 6.83. The first-order chi connectivity index (χ1) is 10.4. The standard InChI is InChI=1S/C15H13NO5S/c17-13-12-8-4-5-9-15(12,22(19,20)21)14(18)16(13)10-11-6-2-1-3-7-11/h1-9,12H,10H2,(H,19,20,21). The minimum atomic E-state index is -4.78. The number of carbonyl (C=O) groups excluding carboxylic acids is 2. The molecule has 0 bridgehead atoms. The highest BCUT2D eigenvalue weighted by atomic mass is 32.2. The molecule has 6 nitrogen and oxygen atoms in total. The van der Waals surface area contributed by atoms with Crippen molar-refractivity contribution in [3.8, 4) is 0 Å². The van der Waals surface area contributed by atoms with Crippen LogP contribution in [0.1, 0.15) is 5.56 Å². The van der Waals surface area contributed by atoms with Gasteiger partial charge in [0.05, 0.1) is 12.5 Å². The highest BCUT2D eigenvalue weighted by Crippen LogP contribution is 2.41. The van der Waals surface area contributed by atoms with E-state index in [1.807, 2.05) is 0 Å². The third-order valence-electron chi connectivity index (χ3n) is 3.94. The van der Waals surface area contributed by atoms with Crippen molar-refractivity contribution in [3.05, 3.63) is 60.2 Å². The van der Waals surface area contributed by atoms with Crippen LogP contribution < -0.4 is 0 Å². The van der Waals surface area contributed by atoms with Gasteiger partial charge >= 0.3 is 0 Å². The summed E-state index contributed by atoms with van der Waals surface area (Å²) in [5.41, 5.74) is 0.696. The highest BCUT2D eigenvalue weighted by Gasteiger charge is 2.65. The predicted molar refractivity (Wildman–Crippen MR) is 78.0 cm³/mol. The largest absolute Gasteiger partial charge is 0.284 e. The summed E-state index contributed by atoms with van der Waals surface area (Å²) in [6, 6.07) is 8.77. The number of amides is 2. The molecule has 1 fully saturated rings. The maximum absolute atomic E-state index is 12.6. The molecule has 1 saturated heterocycles. The Balaban J connectivity index is 2.06. The molecule has 2 amide bonds. The van der Waals surface area contributed by atoms with Gasteiger partial charge in [-0.3, -0.25) is 19.0 Å². The summed E-state index contributed by atoms with van der Waals surface area (Å²) in [6.07, 6.45) is 5.25. The smallest absolute Gasteiger partial charge is 0.284 e. The molecule has 1 aromatic rings. The molecule has 1 aliphatic carbocycles. The fourth-order valence-electron chi connectivity index (χ4n) is 2.84. The molecule has 2 unspecified atom stereocenters. The molecule has 22 heavy (non-hydrogen) atoms. The van der Waals surface area contributed by atoms with Gasteiger partial charge in [-0.15, -0.1) is 0 Å². The van der Waals surface area contributed by atoms with Crippen LogP contribution in [0.2, 0.25) is 0 Å². The number of allylic oxidation sites excluding steroid dienone is 2. The van der Waals surface area contributed by atoms with E-state index in [-0.39, 0.29) is 6.54 Å². The Kier molecular flexibility index (Phi) is 3.26. The van der Waals surface area contributed by atoms with Gasteiger partial charge in [-0.25, -0.2) is 0 Å². The average molecular weight is 319 g/mol. The molecule has 7 heteroatoms. The van der Waals surface area contributed by atoms with E-state index in [1.54, 1.807) is 30.3 Å². The van der Waals surface area contributed by atoms with Crippen LogP contribution in [0, 0.1) is 5.92 Å². The summed E-state index contributed by atoms with van der Waals surface area (Å²) >= 11 is 0. The summed E-state index contributed by atoms with van der Waals surface area (Å²) in [7, 11) is -4.78. The lowest BCUT2D eigenvalue weighted by atomic mass is 9.90. The molecule has 0 saturated carbocycles. The van der Waals surface area contributed by atoms with E-state index in [2.05, 4.69) is 0 Å². The van der Waals surface area contributed by atoms with Gasteiger partial charge in [-0.05, 0) is 5.56 Å². The quantitative estimate of drug-likeness (QED) is 0.661. The lowest BCUT2D eigenvalue weighted by molar-refractivity contribution is -0.139. The molecule has 1 heterocycles. The van der Waals surface area contributed by atoms with Crippen molar-refractivity contribution in [1.29, 1.82) is 0 Å². The van der Waals surface area contributed by atoms with Gasteiger partial charge in [-0.2, -0.15) is 8.42 Å². The molecule has 2 aliphatic rings. The Morgan fingerprint density at radius 3 is 2.41 bits per heavy atom. The SMILES string of the molecule is O=C1C2C=CC=CC2(S(=O)(=O)O)C(=O)N1Cc1ccccc1. The molecular formula is C15H13NO5S. The summed E-state index contributed by atoms with van der Waals surface area (Å²) in [5.74, 6) is -2.79. The molecule has 1 N–H and O–H groups in total. The number of hydrogen-bond acceptors (Lipinski definition) is 4. The molecular weight excluding hydrogens is 306 g/mol. The van der Waals surface area contributed by atoms with Crippen LogP contribution >= 0.6 is 0 Å². The number of hydrogen-bond donors (Lipinski definition) is 1. The van der Waals surface area contributed by atoms with Crippen LogP contribution in [-0.4, -0.2) is 34.4 Å². The Hall–Kier alpha value is -2.25. The van der Waals surface area contributed by atoms with Crippen molar-refractivity contribution in [2.24, 2.45) is 5.92 Å². The molecule has 1 aromatic carbocycles. The van der Waals surface area contributed by atoms with E-state index in [9.17, 15) is 22.6 Å². The first-order valence-corrected chi connectivity index (χ1v) is 8.05. The van der Waals surface area contributed by atoms with Crippen molar-refractivity contribution < 1.29 is 22.6 Å². The van der Waals surface area contributed by atoms with Crippen molar-refractivity contribution in [2.45, 2.75) is 11.3 Å². The summed E-state index contributed by atoms with van der Waals surface area (Å²) in [4.78, 5) is 25.9. The van der Waals surface area contributed by atoms with Crippen LogP contribution in [0.3, 0.4) is 0 Å². The maximum atomic E-state index is 12.6. The summed E-state index contributed by atoms with van der Waals surface area (Å²) in [5, 5.41) is 0. The number of fused-ring (bicyclic) bond motifs is 1. The van der Waals surface area contributed by atoms with E-state index in [4.69, 9.17) is 0 Å². The van der Waals surface area contributed by atoms with Gasteiger partial charge in [0, 0.05) is 0 Å². The fourth-order valence-corrected chi connectivity index (χ4v) is 3.92. The first kappa shape index (κ1) is 14.7. The monoisotopic (exact) mass is 319 g/mol. The number of likely N-dealkylation sites (tertiary alicyclic amines) is 1. The molecule has 3 rings (SSSR count). The second-order valence-electron chi connectivity index (χ2n) is 5.20. The molecule has 0 aromatic heterocycles. The zero-order valence-corrected chi connectivity index (χ0v) is 12.2. The number of imide groups is 1. The van der Waals surface area contributed by atoms with Gasteiger partial charge in [0.2, 0.25) is 10.7 Å². The molecule has 0 spiro atoms. The first-order valence-electron chi connectivity index (χ1n) is 6.61. The normalized spacial score (nSPS) is 27.3. The number of benzene rings is 1. The van der Waals surface area contributed by atoms with E-state index < -0.39 is 32.6 Å². The van der Waals surface area contributed by atoms with Gasteiger partial charge in [0.1, 0.15) is 0 Å². The summed E-state index contributed by atoms with van der Waals surface area (Å²) in [6.45, 7) is -0.0338. The molecule has 0 radical (unpaired) electrons. The predicted octanol–water partition coefficient (Wildman–Crippen LogP) is 0.924. The number of rotatable bonds is 3. The van der Waals surface area contributed by atoms with Crippen LogP contribution in [0.5, 0.6) is 0 Å². The van der Waals surface area contributed by atoms with E-state index in [1.165, 1.54) is 18.2 Å². The Morgan fingerprint density at radius 2 is 1.82 bits per heavy atom. The Bertz CT molecular complexity index is 796. The second kappa shape index (κ2) is 4.89. The number of carbonyl (C=O) groups is 2. The highest BCUT2D eigenvalue weighted by molar-refractivity contribution is 7.88. The molecule has 1 aliphatic heterocycles. The fraction of sp³-hybridized carbons (Fsp3) is 0.200. The van der Waals surface area contributed by atoms with Crippen molar-refractivity contribution in [3.63, 3.8) is 0 Å². The van der Waals surface area contributed by atoms with Crippen LogP contribution in [0.4, 0.5) is 0 Å². The van der Waals surface area contributed by atoms with E-state index >= 15 is 0 Å². The minimum absolute atomic E-state index is 0.0338. The van der Waals surface area contributed by atoms with Crippen molar-refractivity contribution in [1.82, 2.24) is 4.90 Å². The topological polar surface area (TPSA) is 91.7 Å². The van der Waals surface area contributed by atoms with Gasteiger partial charge in [0.15, 0.2) is 0 Å². The average Bonchev–Trinajstić information content (AvgIpc) is 2.71. The van der Waals surface area contributed by atoms with Crippen LogP contribution in [0.15, 0.2) is 54.6 Å². The molecule has 114 valence electrons. The zero-order chi connectivity index (χ0) is 16.0. The lowest BCUT2D eigenvalue weighted by Crippen LogP contribution is -2.48. The zero-order valence-electron chi connectivity index (χ0n) is 11.4. The van der Waals surface area contributed by atoms with Gasteiger partial charge in [-0.1, -0.05) is 54.6 Å². The minimum Gasteiger partial charge on any atom is -0.284 e. The van der Waals surface area contributed by atoms with Crippen LogP contribution in [-0.2, 0) is 26.3 Å². The maximum Gasteiger partial charge on any atom is 0.284 e. The van der Waals surface area contributed by atoms with E-state index in [0.717, 1.165) is 11.0 Å². The Morgan fingerprint density at radius 1 is 1.14 bits per heavy atom. The molecule has 2 atom stereocenters. The lowest BCUT2D eigenvalue weighted by Gasteiger charge is -2.24. The van der Waals surface area contributed by atoms with Gasteiger partial charge < -0.3 is 0 Å². The van der Waals surface area contributed by atoms with E-state index in [0.29, 0.717) is 5.56 Å². The van der Waals surface area contributed by atoms with Gasteiger partial charge in [0.25, 0.3) is 16.0 Å². The van der Waals surface area contributed by atoms with Crippen molar-refractivity contribution >= 4 is 21.9 Å². The number of nitrogens with zero attached hydrogens (tertiary/aromatic N) is 1. The third kappa shape index (κ3) is 1.93. The summed E-state index contributed by atoms with van der Waals surface area (Å²) < 4.78 is 30.9. The van der Waals surface area contributed by atoms with Crippen LogP contribution in [0.25, 0.3) is 0 Å².